The Labute approximate surface area is 99.0 Å². The van der Waals surface area contributed by atoms with E-state index in [1.165, 1.54) is 26.2 Å². The number of hydrogen-bond acceptors (Lipinski definition) is 2. The van der Waals surface area contributed by atoms with E-state index in [1.54, 1.807) is 6.07 Å². The molecule has 15 heavy (non-hydrogen) atoms. The first-order valence-electron chi connectivity index (χ1n) is 3.98. The first-order valence-corrected chi connectivity index (χ1v) is 6.18. The lowest BCUT2D eigenvalue weighted by molar-refractivity contribution is 0.527. The lowest BCUT2D eigenvalue weighted by atomic mass is 10.3. The molecule has 0 atom stereocenters. The number of anilines is 1. The number of hydrogen-bond donors (Lipinski definition) is 1. The summed E-state index contributed by atoms with van der Waals surface area (Å²) in [5, 5.41) is 0.709. The third-order valence-electron chi connectivity index (χ3n) is 1.65. The van der Waals surface area contributed by atoms with Gasteiger partial charge in [0.05, 0.1) is 10.7 Å². The third kappa shape index (κ3) is 3.24. The number of benzene rings is 1. The molecule has 4 nitrogen and oxygen atoms in total. The highest BCUT2D eigenvalue weighted by molar-refractivity contribution is 7.90. The van der Waals surface area contributed by atoms with E-state index in [1.807, 2.05) is 0 Å². The van der Waals surface area contributed by atoms with E-state index < -0.39 is 10.2 Å². The predicted octanol–water partition coefficient (Wildman–Crippen LogP) is 2.21. The van der Waals surface area contributed by atoms with E-state index in [2.05, 4.69) is 4.72 Å². The highest BCUT2D eigenvalue weighted by Crippen LogP contribution is 2.26. The molecule has 0 aromatic heterocycles. The van der Waals surface area contributed by atoms with E-state index in [0.717, 1.165) is 4.31 Å². The minimum atomic E-state index is -3.55. The molecule has 0 spiro atoms. The van der Waals surface area contributed by atoms with Gasteiger partial charge in [0.15, 0.2) is 0 Å². The van der Waals surface area contributed by atoms with Crippen LogP contribution in [0.1, 0.15) is 0 Å². The van der Waals surface area contributed by atoms with Crippen LogP contribution in [0.5, 0.6) is 0 Å². The van der Waals surface area contributed by atoms with Crippen LogP contribution >= 0.6 is 23.2 Å². The molecule has 1 N–H and O–H groups in total. The highest BCUT2D eigenvalue weighted by Gasteiger charge is 2.14. The highest BCUT2D eigenvalue weighted by atomic mass is 35.5. The van der Waals surface area contributed by atoms with Gasteiger partial charge in [-0.15, -0.1) is 0 Å². The van der Waals surface area contributed by atoms with E-state index in [-0.39, 0.29) is 5.69 Å². The lowest BCUT2D eigenvalue weighted by Gasteiger charge is -2.14. The molecule has 7 heteroatoms. The summed E-state index contributed by atoms with van der Waals surface area (Å²) in [7, 11) is -0.715. The van der Waals surface area contributed by atoms with Crippen molar-refractivity contribution in [2.45, 2.75) is 0 Å². The van der Waals surface area contributed by atoms with E-state index in [9.17, 15) is 8.42 Å². The Morgan fingerprint density at radius 1 is 1.27 bits per heavy atom. The molecule has 0 aliphatic heterocycles. The summed E-state index contributed by atoms with van der Waals surface area (Å²) < 4.78 is 26.3. The quantitative estimate of drug-likeness (QED) is 0.914. The van der Waals surface area contributed by atoms with Crippen molar-refractivity contribution in [3.05, 3.63) is 28.2 Å². The number of halogens is 2. The molecule has 0 heterocycles. The van der Waals surface area contributed by atoms with Gasteiger partial charge in [0.25, 0.3) is 0 Å². The molecule has 0 fully saturated rings. The van der Waals surface area contributed by atoms with Crippen LogP contribution in [0.4, 0.5) is 5.69 Å². The summed E-state index contributed by atoms with van der Waals surface area (Å²) in [5.74, 6) is 0. The summed E-state index contributed by atoms with van der Waals surface area (Å²) in [6.07, 6.45) is 0. The molecule has 0 unspecified atom stereocenters. The first-order chi connectivity index (χ1) is 6.83. The Bertz CT molecular complexity index is 460. The van der Waals surface area contributed by atoms with Crippen molar-refractivity contribution in [3.8, 4) is 0 Å². The van der Waals surface area contributed by atoms with Gasteiger partial charge in [-0.25, -0.2) is 0 Å². The minimum absolute atomic E-state index is 0.262. The van der Waals surface area contributed by atoms with Gasteiger partial charge in [-0.1, -0.05) is 23.2 Å². The molecular weight excluding hydrogens is 259 g/mol. The van der Waals surface area contributed by atoms with Crippen molar-refractivity contribution in [2.75, 3.05) is 18.8 Å². The maximum atomic E-state index is 11.5. The maximum absolute atomic E-state index is 11.5. The second-order valence-electron chi connectivity index (χ2n) is 3.01. The minimum Gasteiger partial charge on any atom is -0.269 e. The zero-order valence-corrected chi connectivity index (χ0v) is 10.5. The molecule has 0 bridgehead atoms. The Morgan fingerprint density at radius 3 is 2.40 bits per heavy atom. The van der Waals surface area contributed by atoms with Crippen molar-refractivity contribution in [3.63, 3.8) is 0 Å². The van der Waals surface area contributed by atoms with Crippen LogP contribution in [0, 0.1) is 0 Å². The Hall–Kier alpha value is -0.490. The van der Waals surface area contributed by atoms with Crippen molar-refractivity contribution in [2.24, 2.45) is 0 Å². The molecule has 0 aliphatic carbocycles. The van der Waals surface area contributed by atoms with Gasteiger partial charge in [-0.2, -0.15) is 12.7 Å². The fraction of sp³-hybridized carbons (Fsp3) is 0.250. The van der Waals surface area contributed by atoms with Gasteiger partial charge < -0.3 is 0 Å². The first kappa shape index (κ1) is 12.6. The van der Waals surface area contributed by atoms with Gasteiger partial charge >= 0.3 is 10.2 Å². The third-order valence-corrected chi connectivity index (χ3v) is 3.65. The molecule has 1 aromatic rings. The van der Waals surface area contributed by atoms with Crippen LogP contribution in [0.15, 0.2) is 18.2 Å². The van der Waals surface area contributed by atoms with Crippen molar-refractivity contribution in [1.29, 1.82) is 0 Å². The molecule has 0 radical (unpaired) electrons. The zero-order chi connectivity index (χ0) is 11.6. The largest absolute Gasteiger partial charge is 0.301 e. The molecule has 0 aliphatic rings. The fourth-order valence-electron chi connectivity index (χ4n) is 0.806. The van der Waals surface area contributed by atoms with Crippen molar-refractivity contribution in [1.82, 2.24) is 4.31 Å². The van der Waals surface area contributed by atoms with Crippen LogP contribution in [0.25, 0.3) is 0 Å². The van der Waals surface area contributed by atoms with Crippen LogP contribution < -0.4 is 4.72 Å². The van der Waals surface area contributed by atoms with E-state index in [4.69, 9.17) is 23.2 Å². The average Bonchev–Trinajstić information content (AvgIpc) is 2.10. The molecule has 1 rings (SSSR count). The smallest absolute Gasteiger partial charge is 0.269 e. The van der Waals surface area contributed by atoms with Gasteiger partial charge in [0, 0.05) is 19.1 Å². The molecule has 84 valence electrons. The molecule has 1 aromatic carbocycles. The summed E-state index contributed by atoms with van der Waals surface area (Å²) in [6.45, 7) is 0. The molecular formula is C8H10Cl2N2O2S. The fourth-order valence-corrected chi connectivity index (χ4v) is 1.83. The van der Waals surface area contributed by atoms with Crippen molar-refractivity contribution >= 4 is 39.1 Å². The molecule has 0 saturated heterocycles. The van der Waals surface area contributed by atoms with E-state index in [0.29, 0.717) is 10.0 Å². The van der Waals surface area contributed by atoms with Crippen LogP contribution in [0.2, 0.25) is 10.0 Å². The summed E-state index contributed by atoms with van der Waals surface area (Å²) in [6, 6.07) is 4.56. The van der Waals surface area contributed by atoms with Gasteiger partial charge in [0.2, 0.25) is 0 Å². The van der Waals surface area contributed by atoms with Crippen molar-refractivity contribution < 1.29 is 8.42 Å². The van der Waals surface area contributed by atoms with Crippen LogP contribution in [-0.2, 0) is 10.2 Å². The monoisotopic (exact) mass is 268 g/mol. The lowest BCUT2D eigenvalue weighted by Crippen LogP contribution is -2.29. The maximum Gasteiger partial charge on any atom is 0.301 e. The van der Waals surface area contributed by atoms with E-state index >= 15 is 0 Å². The molecule has 0 amide bonds. The Balaban J connectivity index is 3.05. The summed E-state index contributed by atoms with van der Waals surface area (Å²) >= 11 is 11.5. The standard InChI is InChI=1S/C8H10Cl2N2O2S/c1-12(2)15(13,14)11-8-5-6(9)3-4-7(8)10/h3-5,11H,1-2H3. The second-order valence-corrected chi connectivity index (χ2v) is 5.74. The van der Waals surface area contributed by atoms with Crippen LogP contribution in [-0.4, -0.2) is 26.8 Å². The summed E-state index contributed by atoms with van der Waals surface area (Å²) in [4.78, 5) is 0. The topological polar surface area (TPSA) is 49.4 Å². The SMILES string of the molecule is CN(C)S(=O)(=O)Nc1cc(Cl)ccc1Cl. The number of rotatable bonds is 3. The second kappa shape index (κ2) is 4.57. The predicted molar refractivity (Wildman–Crippen MR) is 62.7 cm³/mol. The Morgan fingerprint density at radius 2 is 1.87 bits per heavy atom. The van der Waals surface area contributed by atoms with Gasteiger partial charge in [-0.05, 0) is 18.2 Å². The summed E-state index contributed by atoms with van der Waals surface area (Å²) in [5.41, 5.74) is 0.262. The average molecular weight is 269 g/mol. The number of nitrogens with one attached hydrogen (secondary N) is 1. The van der Waals surface area contributed by atoms with Crippen LogP contribution in [0.3, 0.4) is 0 Å². The van der Waals surface area contributed by atoms with Gasteiger partial charge in [-0.3, -0.25) is 4.72 Å². The molecule has 0 saturated carbocycles. The Kier molecular flexibility index (Phi) is 3.83. The van der Waals surface area contributed by atoms with Gasteiger partial charge in [0.1, 0.15) is 0 Å². The normalized spacial score (nSPS) is 11.8. The zero-order valence-electron chi connectivity index (χ0n) is 8.16. The number of nitrogens with zero attached hydrogens (tertiary/aromatic N) is 1.